The van der Waals surface area contributed by atoms with Crippen LogP contribution in [-0.2, 0) is 4.79 Å². The zero-order valence-corrected chi connectivity index (χ0v) is 47.3. The molecule has 0 aromatic heterocycles. The van der Waals surface area contributed by atoms with Gasteiger partial charge < -0.3 is 15.5 Å². The number of hydrogen-bond acceptors (Lipinski definition) is 3. The molecule has 0 bridgehead atoms. The first-order valence-electron chi connectivity index (χ1n) is 31.5. The van der Waals surface area contributed by atoms with Gasteiger partial charge in [-0.05, 0) is 57.8 Å². The highest BCUT2D eigenvalue weighted by molar-refractivity contribution is 5.76. The van der Waals surface area contributed by atoms with E-state index in [-0.39, 0.29) is 12.5 Å². The van der Waals surface area contributed by atoms with Crippen LogP contribution in [0.5, 0.6) is 0 Å². The molecule has 0 heterocycles. The van der Waals surface area contributed by atoms with Crippen LogP contribution in [0.15, 0.2) is 60.8 Å². The summed E-state index contributed by atoms with van der Waals surface area (Å²) in [7, 11) is 0. The highest BCUT2D eigenvalue weighted by Gasteiger charge is 2.18. The third-order valence-electron chi connectivity index (χ3n) is 14.5. The van der Waals surface area contributed by atoms with Crippen molar-refractivity contribution in [2.24, 2.45) is 0 Å². The number of aliphatic hydroxyl groups excluding tert-OH is 2. The molecule has 70 heavy (non-hydrogen) atoms. The molecule has 0 rings (SSSR count). The summed E-state index contributed by atoms with van der Waals surface area (Å²) in [5, 5.41) is 23.2. The fourth-order valence-corrected chi connectivity index (χ4v) is 9.76. The predicted octanol–water partition coefficient (Wildman–Crippen LogP) is 21.2. The Morgan fingerprint density at radius 3 is 0.943 bits per heavy atom. The average Bonchev–Trinajstić information content (AvgIpc) is 3.36. The molecule has 0 spiro atoms. The smallest absolute Gasteiger partial charge is 0.220 e. The Hall–Kier alpha value is -1.91. The summed E-state index contributed by atoms with van der Waals surface area (Å²) in [6, 6.07) is -0.622. The summed E-state index contributed by atoms with van der Waals surface area (Å²) in [5.74, 6) is -0.0578. The average molecular weight is 979 g/mol. The van der Waals surface area contributed by atoms with Crippen molar-refractivity contribution in [3.05, 3.63) is 60.8 Å². The first-order valence-corrected chi connectivity index (χ1v) is 31.5. The van der Waals surface area contributed by atoms with Gasteiger partial charge in [0.2, 0.25) is 5.91 Å². The number of hydrogen-bond donors (Lipinski definition) is 3. The minimum atomic E-state index is -0.839. The fraction of sp³-hybridized carbons (Fsp3) is 0.833. The van der Waals surface area contributed by atoms with Gasteiger partial charge in [-0.1, -0.05) is 331 Å². The van der Waals surface area contributed by atoms with E-state index < -0.39 is 12.1 Å². The maximum absolute atomic E-state index is 12.5. The second-order valence-corrected chi connectivity index (χ2v) is 21.5. The first kappa shape index (κ1) is 68.1. The number of aliphatic hydroxyl groups is 2. The maximum Gasteiger partial charge on any atom is 0.220 e. The molecule has 0 saturated carbocycles. The van der Waals surface area contributed by atoms with E-state index in [9.17, 15) is 15.0 Å². The maximum atomic E-state index is 12.5. The Morgan fingerprint density at radius 2 is 0.629 bits per heavy atom. The van der Waals surface area contributed by atoms with Crippen LogP contribution in [0.2, 0.25) is 0 Å². The zero-order valence-electron chi connectivity index (χ0n) is 47.3. The first-order chi connectivity index (χ1) is 34.7. The number of allylic oxidation sites excluding steroid dienone is 9. The third kappa shape index (κ3) is 57.0. The number of carbonyl (C=O) groups is 1. The van der Waals surface area contributed by atoms with Gasteiger partial charge in [0.05, 0.1) is 18.8 Å². The van der Waals surface area contributed by atoms with Crippen LogP contribution < -0.4 is 5.32 Å². The molecule has 0 saturated heterocycles. The summed E-state index contributed by atoms with van der Waals surface area (Å²) >= 11 is 0. The molecule has 4 heteroatoms. The van der Waals surface area contributed by atoms with Crippen LogP contribution in [0.3, 0.4) is 0 Å². The lowest BCUT2D eigenvalue weighted by molar-refractivity contribution is -0.123. The largest absolute Gasteiger partial charge is 0.394 e. The van der Waals surface area contributed by atoms with Crippen LogP contribution in [0.1, 0.15) is 335 Å². The van der Waals surface area contributed by atoms with Crippen molar-refractivity contribution in [3.8, 4) is 0 Å². The summed E-state index contributed by atoms with van der Waals surface area (Å²) in [4.78, 5) is 12.5. The molecule has 0 fully saturated rings. The van der Waals surface area contributed by atoms with Crippen molar-refractivity contribution in [1.29, 1.82) is 0 Å². The molecule has 4 nitrogen and oxygen atoms in total. The fourth-order valence-electron chi connectivity index (χ4n) is 9.76. The predicted molar refractivity (Wildman–Crippen MR) is 313 cm³/mol. The van der Waals surface area contributed by atoms with Gasteiger partial charge in [0, 0.05) is 6.42 Å². The van der Waals surface area contributed by atoms with E-state index in [0.29, 0.717) is 6.42 Å². The number of unbranched alkanes of at least 4 members (excludes halogenated alkanes) is 43. The van der Waals surface area contributed by atoms with E-state index in [0.717, 1.165) is 51.4 Å². The lowest BCUT2D eigenvalue weighted by atomic mass is 10.0. The lowest BCUT2D eigenvalue weighted by Crippen LogP contribution is -2.45. The monoisotopic (exact) mass is 978 g/mol. The number of amides is 1. The molecule has 0 radical (unpaired) electrons. The molecular weight excluding hydrogens is 855 g/mol. The summed E-state index contributed by atoms with van der Waals surface area (Å²) in [6.07, 6.45) is 87.1. The van der Waals surface area contributed by atoms with E-state index >= 15 is 0 Å². The van der Waals surface area contributed by atoms with Crippen LogP contribution >= 0.6 is 0 Å². The lowest BCUT2D eigenvalue weighted by Gasteiger charge is -2.20. The molecule has 0 aliphatic rings. The van der Waals surface area contributed by atoms with Crippen LogP contribution in [0, 0.1) is 0 Å². The second-order valence-electron chi connectivity index (χ2n) is 21.5. The van der Waals surface area contributed by atoms with E-state index in [1.54, 1.807) is 6.08 Å². The van der Waals surface area contributed by atoms with Gasteiger partial charge in [-0.15, -0.1) is 0 Å². The number of nitrogens with one attached hydrogen (secondary N) is 1. The third-order valence-corrected chi connectivity index (χ3v) is 14.5. The van der Waals surface area contributed by atoms with Crippen molar-refractivity contribution in [2.75, 3.05) is 6.61 Å². The standard InChI is InChI=1S/C66H123NO3/c1-3-5-7-9-11-13-15-17-19-21-23-24-25-26-27-28-29-30-31-32-33-34-35-36-37-38-39-40-41-42-44-46-48-50-52-54-56-58-60-62-66(70)67-64(63-68)65(69)61-59-57-55-53-51-49-47-45-43-22-20-18-16-14-12-10-8-6-4-2/h5,7,11,13,17,19,23-24,59,61,64-65,68-69H,3-4,6,8-10,12,14-16,18,20-22,25-58,60,62-63H2,1-2H3,(H,67,70)/b7-5-,13-11-,19-17-,24-23-,61-59+. The van der Waals surface area contributed by atoms with Gasteiger partial charge in [-0.25, -0.2) is 0 Å². The number of carbonyl (C=O) groups excluding carboxylic acids is 1. The molecule has 0 aromatic carbocycles. The van der Waals surface area contributed by atoms with Crippen molar-refractivity contribution >= 4 is 5.91 Å². The molecule has 2 unspecified atom stereocenters. The Kier molecular flexibility index (Phi) is 59.7. The molecule has 0 aliphatic heterocycles. The van der Waals surface area contributed by atoms with Gasteiger partial charge in [0.15, 0.2) is 0 Å². The minimum absolute atomic E-state index is 0.0578. The summed E-state index contributed by atoms with van der Waals surface area (Å²) in [6.45, 7) is 4.23. The van der Waals surface area contributed by atoms with Crippen molar-refractivity contribution in [2.45, 2.75) is 347 Å². The van der Waals surface area contributed by atoms with E-state index in [4.69, 9.17) is 0 Å². The van der Waals surface area contributed by atoms with Crippen LogP contribution in [0.4, 0.5) is 0 Å². The van der Waals surface area contributed by atoms with Gasteiger partial charge >= 0.3 is 0 Å². The Balaban J connectivity index is 3.41. The highest BCUT2D eigenvalue weighted by atomic mass is 16.3. The molecule has 0 aliphatic carbocycles. The van der Waals surface area contributed by atoms with E-state index in [2.05, 4.69) is 67.8 Å². The molecule has 410 valence electrons. The highest BCUT2D eigenvalue weighted by Crippen LogP contribution is 2.18. The molecule has 2 atom stereocenters. The molecular formula is C66H123NO3. The quantitative estimate of drug-likeness (QED) is 0.0420. The molecule has 3 N–H and O–H groups in total. The summed E-state index contributed by atoms with van der Waals surface area (Å²) < 4.78 is 0. The van der Waals surface area contributed by atoms with Crippen molar-refractivity contribution in [1.82, 2.24) is 5.32 Å². The topological polar surface area (TPSA) is 69.6 Å². The van der Waals surface area contributed by atoms with Gasteiger partial charge in [0.25, 0.3) is 0 Å². The van der Waals surface area contributed by atoms with Crippen molar-refractivity contribution < 1.29 is 15.0 Å². The van der Waals surface area contributed by atoms with Gasteiger partial charge in [-0.3, -0.25) is 4.79 Å². The Labute approximate surface area is 438 Å². The van der Waals surface area contributed by atoms with Gasteiger partial charge in [-0.2, -0.15) is 0 Å². The Morgan fingerprint density at radius 1 is 0.357 bits per heavy atom. The van der Waals surface area contributed by atoms with E-state index in [1.165, 1.54) is 263 Å². The van der Waals surface area contributed by atoms with Crippen LogP contribution in [-0.4, -0.2) is 34.9 Å². The molecule has 1 amide bonds. The van der Waals surface area contributed by atoms with Crippen molar-refractivity contribution in [3.63, 3.8) is 0 Å². The minimum Gasteiger partial charge on any atom is -0.394 e. The second kappa shape index (κ2) is 61.4. The zero-order chi connectivity index (χ0) is 50.6. The SMILES string of the molecule is CC/C=C\C/C=C\C/C=C\C/C=C\CCCCCCCCCCCCCCCCCCCCCCCCCCCCC(=O)NC(CO)C(O)/C=C/CCCCCCCCCCCCCCCCCCC. The van der Waals surface area contributed by atoms with Crippen LogP contribution in [0.25, 0.3) is 0 Å². The number of rotatable bonds is 58. The molecule has 0 aromatic rings. The normalized spacial score (nSPS) is 13.1. The summed E-state index contributed by atoms with van der Waals surface area (Å²) in [5.41, 5.74) is 0. The Bertz CT molecular complexity index is 1150. The van der Waals surface area contributed by atoms with Gasteiger partial charge in [0.1, 0.15) is 0 Å². The van der Waals surface area contributed by atoms with E-state index in [1.807, 2.05) is 6.08 Å².